The molecule has 0 aromatic heterocycles. The molecule has 2 aromatic carbocycles. The number of carbonyl (C=O) groups is 1. The lowest BCUT2D eigenvalue weighted by molar-refractivity contribution is 0.0472. The van der Waals surface area contributed by atoms with Crippen molar-refractivity contribution in [3.8, 4) is 6.07 Å². The van der Waals surface area contributed by atoms with Crippen molar-refractivity contribution in [1.82, 2.24) is 4.31 Å². The average Bonchev–Trinajstić information content (AvgIpc) is 2.73. The quantitative estimate of drug-likeness (QED) is 0.729. The van der Waals surface area contributed by atoms with Gasteiger partial charge in [-0.3, -0.25) is 0 Å². The second kappa shape index (κ2) is 8.31. The Balaban J connectivity index is 1.68. The highest BCUT2D eigenvalue weighted by atomic mass is 32.2. The maximum absolute atomic E-state index is 12.7. The molecule has 2 aromatic rings. The number of benzene rings is 2. The zero-order valence-electron chi connectivity index (χ0n) is 14.5. The Labute approximate surface area is 157 Å². The first-order valence-electron chi connectivity index (χ1n) is 8.35. The minimum Gasteiger partial charge on any atom is -0.457 e. The number of ether oxygens (including phenoxy) is 2. The number of nitrogens with zero attached hydrogens (tertiary/aromatic N) is 2. The van der Waals surface area contributed by atoms with E-state index in [9.17, 15) is 13.2 Å². The molecule has 8 heteroatoms. The Morgan fingerprint density at radius 2 is 1.85 bits per heavy atom. The Hall–Kier alpha value is -2.73. The van der Waals surface area contributed by atoms with Gasteiger partial charge in [0.05, 0.1) is 35.3 Å². The molecule has 1 saturated heterocycles. The highest BCUT2D eigenvalue weighted by Gasteiger charge is 2.26. The summed E-state index contributed by atoms with van der Waals surface area (Å²) in [6.45, 7) is 1.34. The SMILES string of the molecule is N#Cc1ccc(C(=O)OCc2cccc(S(=O)(=O)N3CCOCC3)c2)cc1. The zero-order chi connectivity index (χ0) is 19.3. The lowest BCUT2D eigenvalue weighted by atomic mass is 10.1. The summed E-state index contributed by atoms with van der Waals surface area (Å²) >= 11 is 0. The smallest absolute Gasteiger partial charge is 0.338 e. The normalized spacial score (nSPS) is 15.1. The molecule has 0 atom stereocenters. The summed E-state index contributed by atoms with van der Waals surface area (Å²) < 4.78 is 37.2. The molecule has 27 heavy (non-hydrogen) atoms. The minimum atomic E-state index is -3.60. The third-order valence-electron chi connectivity index (χ3n) is 4.13. The zero-order valence-corrected chi connectivity index (χ0v) is 15.3. The van der Waals surface area contributed by atoms with E-state index in [0.29, 0.717) is 43.0 Å². The molecule has 1 aliphatic rings. The Kier molecular flexibility index (Phi) is 5.86. The molecule has 140 valence electrons. The molecule has 0 bridgehead atoms. The van der Waals surface area contributed by atoms with E-state index >= 15 is 0 Å². The first-order valence-corrected chi connectivity index (χ1v) is 9.79. The molecule has 1 heterocycles. The van der Waals surface area contributed by atoms with Crippen molar-refractivity contribution in [1.29, 1.82) is 5.26 Å². The molecule has 1 fully saturated rings. The molecule has 0 spiro atoms. The van der Waals surface area contributed by atoms with Crippen LogP contribution in [0.2, 0.25) is 0 Å². The molecule has 0 saturated carbocycles. The van der Waals surface area contributed by atoms with E-state index in [0.717, 1.165) is 0 Å². The second-order valence-corrected chi connectivity index (χ2v) is 7.87. The first-order chi connectivity index (χ1) is 13.0. The van der Waals surface area contributed by atoms with Crippen LogP contribution in [0.5, 0.6) is 0 Å². The third kappa shape index (κ3) is 4.52. The highest BCUT2D eigenvalue weighted by molar-refractivity contribution is 7.89. The summed E-state index contributed by atoms with van der Waals surface area (Å²) in [5.74, 6) is -0.541. The van der Waals surface area contributed by atoms with Gasteiger partial charge in [0.15, 0.2) is 0 Å². The van der Waals surface area contributed by atoms with Gasteiger partial charge in [0.25, 0.3) is 0 Å². The van der Waals surface area contributed by atoms with Gasteiger partial charge in [-0.25, -0.2) is 13.2 Å². The fraction of sp³-hybridized carbons (Fsp3) is 0.263. The van der Waals surface area contributed by atoms with Crippen molar-refractivity contribution in [3.63, 3.8) is 0 Å². The van der Waals surface area contributed by atoms with Crippen LogP contribution in [0, 0.1) is 11.3 Å². The van der Waals surface area contributed by atoms with Crippen LogP contribution < -0.4 is 0 Å². The van der Waals surface area contributed by atoms with Crippen LogP contribution in [0.4, 0.5) is 0 Å². The van der Waals surface area contributed by atoms with Crippen molar-refractivity contribution in [3.05, 3.63) is 65.2 Å². The summed E-state index contributed by atoms with van der Waals surface area (Å²) in [5.41, 5.74) is 1.35. The van der Waals surface area contributed by atoms with Crippen molar-refractivity contribution < 1.29 is 22.7 Å². The van der Waals surface area contributed by atoms with E-state index in [-0.39, 0.29) is 11.5 Å². The fourth-order valence-electron chi connectivity index (χ4n) is 2.64. The van der Waals surface area contributed by atoms with Gasteiger partial charge in [-0.2, -0.15) is 9.57 Å². The number of carbonyl (C=O) groups excluding carboxylic acids is 1. The van der Waals surface area contributed by atoms with Crippen LogP contribution in [-0.4, -0.2) is 45.0 Å². The Morgan fingerprint density at radius 3 is 2.52 bits per heavy atom. The fourth-order valence-corrected chi connectivity index (χ4v) is 4.12. The molecular formula is C19H18N2O5S. The number of morpholine rings is 1. The summed E-state index contributed by atoms with van der Waals surface area (Å²) in [6, 6.07) is 14.4. The van der Waals surface area contributed by atoms with E-state index in [1.54, 1.807) is 12.1 Å². The summed E-state index contributed by atoms with van der Waals surface area (Å²) in [4.78, 5) is 12.3. The highest BCUT2D eigenvalue weighted by Crippen LogP contribution is 2.19. The predicted molar refractivity (Wildman–Crippen MR) is 96.3 cm³/mol. The van der Waals surface area contributed by atoms with E-state index < -0.39 is 16.0 Å². The van der Waals surface area contributed by atoms with Crippen LogP contribution >= 0.6 is 0 Å². The summed E-state index contributed by atoms with van der Waals surface area (Å²) in [5, 5.41) is 8.78. The van der Waals surface area contributed by atoms with Gasteiger partial charge in [0.2, 0.25) is 10.0 Å². The van der Waals surface area contributed by atoms with Gasteiger partial charge in [0.1, 0.15) is 6.61 Å². The molecule has 3 rings (SSSR count). The monoisotopic (exact) mass is 386 g/mol. The number of nitriles is 1. The van der Waals surface area contributed by atoms with Gasteiger partial charge in [0, 0.05) is 13.1 Å². The van der Waals surface area contributed by atoms with Gasteiger partial charge in [-0.05, 0) is 42.0 Å². The molecule has 7 nitrogen and oxygen atoms in total. The van der Waals surface area contributed by atoms with Gasteiger partial charge in [-0.1, -0.05) is 12.1 Å². The summed E-state index contributed by atoms with van der Waals surface area (Å²) in [6.07, 6.45) is 0. The van der Waals surface area contributed by atoms with Gasteiger partial charge < -0.3 is 9.47 Å². The van der Waals surface area contributed by atoms with Crippen molar-refractivity contribution in [2.75, 3.05) is 26.3 Å². The lowest BCUT2D eigenvalue weighted by Gasteiger charge is -2.26. The van der Waals surface area contributed by atoms with Crippen LogP contribution in [0.3, 0.4) is 0 Å². The second-order valence-electron chi connectivity index (χ2n) is 5.93. The standard InChI is InChI=1S/C19H18N2O5S/c20-13-15-4-6-17(7-5-15)19(22)26-14-16-2-1-3-18(12-16)27(23,24)21-8-10-25-11-9-21/h1-7,12H,8-11,14H2. The third-order valence-corrected chi connectivity index (χ3v) is 6.02. The number of hydrogen-bond acceptors (Lipinski definition) is 6. The van der Waals surface area contributed by atoms with Crippen LogP contribution in [0.25, 0.3) is 0 Å². The van der Waals surface area contributed by atoms with Gasteiger partial charge >= 0.3 is 5.97 Å². The van der Waals surface area contributed by atoms with Gasteiger partial charge in [-0.15, -0.1) is 0 Å². The van der Waals surface area contributed by atoms with Crippen LogP contribution in [-0.2, 0) is 26.1 Å². The largest absolute Gasteiger partial charge is 0.457 e. The van der Waals surface area contributed by atoms with Crippen molar-refractivity contribution >= 4 is 16.0 Å². The maximum atomic E-state index is 12.7. The summed E-state index contributed by atoms with van der Waals surface area (Å²) in [7, 11) is -3.60. The topological polar surface area (TPSA) is 96.7 Å². The number of rotatable bonds is 5. The molecule has 1 aliphatic heterocycles. The number of esters is 1. The van der Waals surface area contributed by atoms with E-state index in [1.165, 1.54) is 40.7 Å². The predicted octanol–water partition coefficient (Wildman–Crippen LogP) is 1.94. The number of hydrogen-bond donors (Lipinski definition) is 0. The van der Waals surface area contributed by atoms with Crippen molar-refractivity contribution in [2.24, 2.45) is 0 Å². The molecule has 0 aliphatic carbocycles. The van der Waals surface area contributed by atoms with E-state index in [2.05, 4.69) is 0 Å². The van der Waals surface area contributed by atoms with E-state index in [1.807, 2.05) is 6.07 Å². The Bertz CT molecular complexity index is 958. The Morgan fingerprint density at radius 1 is 1.15 bits per heavy atom. The minimum absolute atomic E-state index is 0.0503. The van der Waals surface area contributed by atoms with Crippen LogP contribution in [0.1, 0.15) is 21.5 Å². The van der Waals surface area contributed by atoms with E-state index in [4.69, 9.17) is 14.7 Å². The molecule has 0 N–H and O–H groups in total. The molecule has 0 unspecified atom stereocenters. The molecular weight excluding hydrogens is 368 g/mol. The first kappa shape index (κ1) is 19.0. The van der Waals surface area contributed by atoms with Crippen LogP contribution in [0.15, 0.2) is 53.4 Å². The maximum Gasteiger partial charge on any atom is 0.338 e. The lowest BCUT2D eigenvalue weighted by Crippen LogP contribution is -2.40. The molecule has 0 amide bonds. The average molecular weight is 386 g/mol. The molecule has 0 radical (unpaired) electrons. The van der Waals surface area contributed by atoms with Crippen molar-refractivity contribution in [2.45, 2.75) is 11.5 Å². The number of sulfonamides is 1.